The monoisotopic (exact) mass is 299 g/mol. The third-order valence-electron chi connectivity index (χ3n) is 3.21. The number of carbonyl (C=O) groups is 2. The largest absolute Gasteiger partial charge is 0.469 e. The summed E-state index contributed by atoms with van der Waals surface area (Å²) in [5.41, 5.74) is 0.0626. The number of carbonyl (C=O) groups excluding carboxylic acids is 2. The summed E-state index contributed by atoms with van der Waals surface area (Å²) in [5, 5.41) is 0. The second-order valence-corrected chi connectivity index (χ2v) is 4.65. The number of amides is 1. The molecule has 7 heteroatoms. The number of morpholine rings is 1. The Labute approximate surface area is 120 Å². The average Bonchev–Trinajstić information content (AvgIpc) is 2.49. The standard InChI is InChI=1S/C14H15F2NO4/c1-20-13(18)7-10-8-17(4-5-21-10)14(19)9-2-3-11(15)12(16)6-9/h2-3,6,10H,4-5,7-8H2,1H3. The van der Waals surface area contributed by atoms with Gasteiger partial charge in [0.05, 0.1) is 26.2 Å². The molecule has 114 valence electrons. The van der Waals surface area contributed by atoms with Crippen LogP contribution in [0.25, 0.3) is 0 Å². The molecule has 1 heterocycles. The van der Waals surface area contributed by atoms with Crippen LogP contribution in [-0.4, -0.2) is 49.7 Å². The summed E-state index contributed by atoms with van der Waals surface area (Å²) in [6.45, 7) is 0.805. The Morgan fingerprint density at radius 2 is 2.14 bits per heavy atom. The molecule has 1 amide bonds. The maximum Gasteiger partial charge on any atom is 0.308 e. The van der Waals surface area contributed by atoms with E-state index in [2.05, 4.69) is 4.74 Å². The highest BCUT2D eigenvalue weighted by Gasteiger charge is 2.27. The van der Waals surface area contributed by atoms with Crippen molar-refractivity contribution in [3.05, 3.63) is 35.4 Å². The molecule has 0 spiro atoms. The lowest BCUT2D eigenvalue weighted by Gasteiger charge is -2.32. The minimum Gasteiger partial charge on any atom is -0.469 e. The number of halogens is 2. The lowest BCUT2D eigenvalue weighted by atomic mass is 10.1. The number of hydrogen-bond acceptors (Lipinski definition) is 4. The fourth-order valence-corrected chi connectivity index (χ4v) is 2.11. The van der Waals surface area contributed by atoms with E-state index in [0.717, 1.165) is 12.1 Å². The predicted octanol–water partition coefficient (Wildman–Crippen LogP) is 1.37. The molecule has 1 aliphatic heterocycles. The highest BCUT2D eigenvalue weighted by atomic mass is 19.2. The molecule has 21 heavy (non-hydrogen) atoms. The van der Waals surface area contributed by atoms with Crippen LogP contribution in [0, 0.1) is 11.6 Å². The van der Waals surface area contributed by atoms with Crippen LogP contribution in [0.2, 0.25) is 0 Å². The Morgan fingerprint density at radius 3 is 2.81 bits per heavy atom. The van der Waals surface area contributed by atoms with Gasteiger partial charge in [-0.2, -0.15) is 0 Å². The van der Waals surface area contributed by atoms with Crippen molar-refractivity contribution in [3.63, 3.8) is 0 Å². The SMILES string of the molecule is COC(=O)CC1CN(C(=O)c2ccc(F)c(F)c2)CCO1. The van der Waals surface area contributed by atoms with E-state index in [-0.39, 0.29) is 25.1 Å². The zero-order chi connectivity index (χ0) is 15.4. The smallest absolute Gasteiger partial charge is 0.308 e. The predicted molar refractivity (Wildman–Crippen MR) is 68.6 cm³/mol. The fourth-order valence-electron chi connectivity index (χ4n) is 2.11. The fraction of sp³-hybridized carbons (Fsp3) is 0.429. The van der Waals surface area contributed by atoms with Crippen LogP contribution in [0.5, 0.6) is 0 Å². The van der Waals surface area contributed by atoms with Gasteiger partial charge >= 0.3 is 5.97 Å². The molecule has 0 radical (unpaired) electrons. The maximum absolute atomic E-state index is 13.2. The molecular formula is C14H15F2NO4. The molecule has 0 aromatic heterocycles. The summed E-state index contributed by atoms with van der Waals surface area (Å²) in [7, 11) is 1.27. The maximum atomic E-state index is 13.2. The number of rotatable bonds is 3. The molecule has 1 saturated heterocycles. The molecule has 1 aromatic rings. The quantitative estimate of drug-likeness (QED) is 0.791. The minimum atomic E-state index is -1.07. The van der Waals surface area contributed by atoms with E-state index in [0.29, 0.717) is 6.54 Å². The first kappa shape index (κ1) is 15.4. The first-order valence-corrected chi connectivity index (χ1v) is 6.44. The molecule has 1 unspecified atom stereocenters. The molecule has 1 aromatic carbocycles. The van der Waals surface area contributed by atoms with E-state index in [9.17, 15) is 18.4 Å². The average molecular weight is 299 g/mol. The molecule has 1 fully saturated rings. The summed E-state index contributed by atoms with van der Waals surface area (Å²) in [5.74, 6) is -2.92. The van der Waals surface area contributed by atoms with Crippen molar-refractivity contribution >= 4 is 11.9 Å². The topological polar surface area (TPSA) is 55.8 Å². The van der Waals surface area contributed by atoms with Crippen LogP contribution in [-0.2, 0) is 14.3 Å². The van der Waals surface area contributed by atoms with Crippen molar-refractivity contribution < 1.29 is 27.8 Å². The van der Waals surface area contributed by atoms with Gasteiger partial charge in [0.2, 0.25) is 0 Å². The van der Waals surface area contributed by atoms with Gasteiger partial charge in [-0.3, -0.25) is 9.59 Å². The Bertz CT molecular complexity index is 550. The first-order chi connectivity index (χ1) is 10.0. The molecule has 0 aliphatic carbocycles. The van der Waals surface area contributed by atoms with Crippen molar-refractivity contribution in [2.24, 2.45) is 0 Å². The number of benzene rings is 1. The Kier molecular flexibility index (Phi) is 4.85. The van der Waals surface area contributed by atoms with Crippen molar-refractivity contribution in [1.29, 1.82) is 0 Å². The number of ether oxygens (including phenoxy) is 2. The molecular weight excluding hydrogens is 284 g/mol. The van der Waals surface area contributed by atoms with E-state index < -0.39 is 29.6 Å². The molecule has 0 N–H and O–H groups in total. The second kappa shape index (κ2) is 6.62. The zero-order valence-corrected chi connectivity index (χ0v) is 11.5. The molecule has 1 atom stereocenters. The number of esters is 1. The van der Waals surface area contributed by atoms with E-state index in [1.807, 2.05) is 0 Å². The number of hydrogen-bond donors (Lipinski definition) is 0. The Balaban J connectivity index is 2.04. The molecule has 1 aliphatic rings. The lowest BCUT2D eigenvalue weighted by molar-refractivity contribution is -0.145. The van der Waals surface area contributed by atoms with Crippen LogP contribution in [0.4, 0.5) is 8.78 Å². The molecule has 0 bridgehead atoms. The van der Waals surface area contributed by atoms with Gasteiger partial charge in [-0.1, -0.05) is 0 Å². The first-order valence-electron chi connectivity index (χ1n) is 6.44. The van der Waals surface area contributed by atoms with Gasteiger partial charge in [-0.15, -0.1) is 0 Å². The van der Waals surface area contributed by atoms with Crippen molar-refractivity contribution in [2.75, 3.05) is 26.8 Å². The molecule has 0 saturated carbocycles. The summed E-state index contributed by atoms with van der Waals surface area (Å²) in [4.78, 5) is 24.9. The van der Waals surface area contributed by atoms with E-state index in [1.165, 1.54) is 18.1 Å². The highest BCUT2D eigenvalue weighted by molar-refractivity contribution is 5.94. The van der Waals surface area contributed by atoms with Gasteiger partial charge in [0.1, 0.15) is 0 Å². The Morgan fingerprint density at radius 1 is 1.38 bits per heavy atom. The van der Waals surface area contributed by atoms with Gasteiger partial charge in [-0.25, -0.2) is 8.78 Å². The number of methoxy groups -OCH3 is 1. The zero-order valence-electron chi connectivity index (χ0n) is 11.5. The van der Waals surface area contributed by atoms with Gasteiger partial charge in [0, 0.05) is 18.7 Å². The van der Waals surface area contributed by atoms with E-state index in [4.69, 9.17) is 4.74 Å². The molecule has 5 nitrogen and oxygen atoms in total. The third-order valence-corrected chi connectivity index (χ3v) is 3.21. The van der Waals surface area contributed by atoms with Gasteiger partial charge in [0.15, 0.2) is 11.6 Å². The summed E-state index contributed by atoms with van der Waals surface area (Å²) in [6.07, 6.45) is -0.418. The summed E-state index contributed by atoms with van der Waals surface area (Å²) < 4.78 is 36.0. The Hall–Kier alpha value is -2.02. The van der Waals surface area contributed by atoms with E-state index >= 15 is 0 Å². The summed E-state index contributed by atoms with van der Waals surface area (Å²) >= 11 is 0. The van der Waals surface area contributed by atoms with Crippen LogP contribution in [0.15, 0.2) is 18.2 Å². The second-order valence-electron chi connectivity index (χ2n) is 4.65. The normalized spacial score (nSPS) is 18.4. The van der Waals surface area contributed by atoms with E-state index in [1.54, 1.807) is 0 Å². The minimum absolute atomic E-state index is 0.0397. The molecule has 2 rings (SSSR count). The van der Waals surface area contributed by atoms with Gasteiger partial charge < -0.3 is 14.4 Å². The lowest BCUT2D eigenvalue weighted by Crippen LogP contribution is -2.46. The summed E-state index contributed by atoms with van der Waals surface area (Å²) in [6, 6.07) is 3.00. The third kappa shape index (κ3) is 3.75. The van der Waals surface area contributed by atoms with Crippen molar-refractivity contribution in [2.45, 2.75) is 12.5 Å². The number of nitrogens with zero attached hydrogens (tertiary/aromatic N) is 1. The van der Waals surface area contributed by atoms with Gasteiger partial charge in [-0.05, 0) is 18.2 Å². The van der Waals surface area contributed by atoms with Crippen LogP contribution in [0.1, 0.15) is 16.8 Å². The van der Waals surface area contributed by atoms with Crippen molar-refractivity contribution in [1.82, 2.24) is 4.90 Å². The highest BCUT2D eigenvalue weighted by Crippen LogP contribution is 2.15. The van der Waals surface area contributed by atoms with Crippen molar-refractivity contribution in [3.8, 4) is 0 Å². The van der Waals surface area contributed by atoms with Crippen LogP contribution in [0.3, 0.4) is 0 Å². The van der Waals surface area contributed by atoms with Gasteiger partial charge in [0.25, 0.3) is 5.91 Å². The van der Waals surface area contributed by atoms with Crippen LogP contribution < -0.4 is 0 Å². The van der Waals surface area contributed by atoms with Crippen LogP contribution >= 0.6 is 0 Å².